The molecule has 0 aliphatic carbocycles. The highest BCUT2D eigenvalue weighted by Crippen LogP contribution is 2.31. The Balaban J connectivity index is 2.20. The minimum atomic E-state index is -4.53. The maximum Gasteiger partial charge on any atom is 0.434 e. The molecule has 3 rings (SSSR count). The Labute approximate surface area is 122 Å². The first-order valence-corrected chi connectivity index (χ1v) is 6.58. The van der Waals surface area contributed by atoms with Crippen molar-refractivity contribution in [2.75, 3.05) is 0 Å². The molecule has 0 amide bonds. The highest BCUT2D eigenvalue weighted by Gasteiger charge is 2.35. The molecule has 2 heterocycles. The first kappa shape index (κ1) is 14.6. The number of halogens is 4. The van der Waals surface area contributed by atoms with E-state index in [9.17, 15) is 17.6 Å². The lowest BCUT2D eigenvalue weighted by atomic mass is 10.2. The molecule has 1 N–H and O–H groups in total. The zero-order valence-corrected chi connectivity index (χ0v) is 11.7. The first-order valence-electron chi connectivity index (χ1n) is 6.58. The molecular formula is C14H12F4N4. The summed E-state index contributed by atoms with van der Waals surface area (Å²) >= 11 is 0. The number of aromatic nitrogens is 4. The van der Waals surface area contributed by atoms with Crippen molar-refractivity contribution in [3.63, 3.8) is 0 Å². The van der Waals surface area contributed by atoms with E-state index in [0.717, 1.165) is 6.20 Å². The van der Waals surface area contributed by atoms with Gasteiger partial charge < -0.3 is 4.57 Å². The summed E-state index contributed by atoms with van der Waals surface area (Å²) in [4.78, 5) is 3.67. The number of hydrogen-bond donors (Lipinski definition) is 1. The fraction of sp³-hybridized carbons (Fsp3) is 0.286. The van der Waals surface area contributed by atoms with Gasteiger partial charge in [-0.15, -0.1) is 0 Å². The molecule has 1 aromatic carbocycles. The molecule has 0 bridgehead atoms. The minimum absolute atomic E-state index is 0.217. The Morgan fingerprint density at radius 1 is 1.23 bits per heavy atom. The summed E-state index contributed by atoms with van der Waals surface area (Å²) in [5, 5.41) is 6.17. The van der Waals surface area contributed by atoms with Crippen molar-refractivity contribution < 1.29 is 17.6 Å². The summed E-state index contributed by atoms with van der Waals surface area (Å²) in [5.74, 6) is -0.587. The Bertz CT molecular complexity index is 829. The molecule has 0 aliphatic heterocycles. The lowest BCUT2D eigenvalue weighted by Crippen LogP contribution is -2.05. The average molecular weight is 312 g/mol. The Morgan fingerprint density at radius 2 is 1.95 bits per heavy atom. The molecular weight excluding hydrogens is 300 g/mol. The third-order valence-corrected chi connectivity index (χ3v) is 3.31. The second-order valence-corrected chi connectivity index (χ2v) is 5.25. The van der Waals surface area contributed by atoms with Crippen LogP contribution < -0.4 is 0 Å². The molecule has 0 spiro atoms. The predicted molar refractivity (Wildman–Crippen MR) is 72.3 cm³/mol. The van der Waals surface area contributed by atoms with Gasteiger partial charge in [-0.3, -0.25) is 5.10 Å². The fourth-order valence-electron chi connectivity index (χ4n) is 2.26. The van der Waals surface area contributed by atoms with E-state index in [2.05, 4.69) is 15.2 Å². The van der Waals surface area contributed by atoms with E-state index in [0.29, 0.717) is 11.2 Å². The van der Waals surface area contributed by atoms with Crippen LogP contribution in [0.25, 0.3) is 16.6 Å². The van der Waals surface area contributed by atoms with E-state index in [1.807, 2.05) is 0 Å². The molecule has 4 nitrogen and oxygen atoms in total. The number of alkyl halides is 3. The van der Waals surface area contributed by atoms with Crippen LogP contribution in [0.1, 0.15) is 31.3 Å². The fourth-order valence-corrected chi connectivity index (χ4v) is 2.26. The van der Waals surface area contributed by atoms with Gasteiger partial charge in [-0.05, 0) is 18.2 Å². The number of benzene rings is 1. The quantitative estimate of drug-likeness (QED) is 0.726. The number of hydrogen-bond acceptors (Lipinski definition) is 2. The third-order valence-electron chi connectivity index (χ3n) is 3.31. The molecule has 8 heteroatoms. The second-order valence-electron chi connectivity index (χ2n) is 5.25. The highest BCUT2D eigenvalue weighted by atomic mass is 19.4. The summed E-state index contributed by atoms with van der Waals surface area (Å²) in [6.45, 7) is 3.49. The van der Waals surface area contributed by atoms with Crippen molar-refractivity contribution in [2.45, 2.75) is 25.9 Å². The van der Waals surface area contributed by atoms with Crippen molar-refractivity contribution >= 4 is 10.9 Å². The van der Waals surface area contributed by atoms with E-state index >= 15 is 0 Å². The molecule has 3 aromatic rings. The van der Waals surface area contributed by atoms with Gasteiger partial charge >= 0.3 is 6.18 Å². The summed E-state index contributed by atoms with van der Waals surface area (Å²) < 4.78 is 53.5. The summed E-state index contributed by atoms with van der Waals surface area (Å²) in [7, 11) is 0. The topological polar surface area (TPSA) is 46.5 Å². The number of rotatable bonds is 2. The van der Waals surface area contributed by atoms with Crippen molar-refractivity contribution in [1.29, 1.82) is 0 Å². The van der Waals surface area contributed by atoms with Crippen molar-refractivity contribution in [3.05, 3.63) is 41.9 Å². The predicted octanol–water partition coefficient (Wildman–Crippen LogP) is 4.03. The van der Waals surface area contributed by atoms with Crippen LogP contribution in [0.5, 0.6) is 0 Å². The van der Waals surface area contributed by atoms with Gasteiger partial charge in [0.05, 0.1) is 10.9 Å². The zero-order chi connectivity index (χ0) is 16.1. The van der Waals surface area contributed by atoms with Crippen LogP contribution in [0.2, 0.25) is 0 Å². The standard InChI is InChI=1S/C14H12F4N4/c1-7(2)13-19-11(14(16,17)18)6-22(13)8-3-4-10-9(5-8)12(15)21-20-10/h3-7H,1-2H3,(H,20,21). The van der Waals surface area contributed by atoms with Gasteiger partial charge in [0, 0.05) is 17.8 Å². The van der Waals surface area contributed by atoms with Gasteiger partial charge in [0.2, 0.25) is 5.95 Å². The maximum atomic E-state index is 13.6. The van der Waals surface area contributed by atoms with Crippen LogP contribution in [0.15, 0.2) is 24.4 Å². The van der Waals surface area contributed by atoms with Crippen molar-refractivity contribution in [1.82, 2.24) is 19.7 Å². The molecule has 0 saturated heterocycles. The molecule has 0 saturated carbocycles. The largest absolute Gasteiger partial charge is 0.434 e. The van der Waals surface area contributed by atoms with E-state index in [1.165, 1.54) is 10.6 Å². The first-order chi connectivity index (χ1) is 10.3. The van der Waals surface area contributed by atoms with E-state index in [-0.39, 0.29) is 17.1 Å². The Kier molecular flexibility index (Phi) is 3.19. The number of nitrogens with zero attached hydrogens (tertiary/aromatic N) is 3. The third kappa shape index (κ3) is 2.34. The maximum absolute atomic E-state index is 13.6. The zero-order valence-electron chi connectivity index (χ0n) is 11.7. The SMILES string of the molecule is CC(C)c1nc(C(F)(F)F)cn1-c1ccc2n[nH]c(F)c2c1. The second kappa shape index (κ2) is 4.82. The molecule has 2 aromatic heterocycles. The van der Waals surface area contributed by atoms with Gasteiger partial charge in [-0.2, -0.15) is 22.7 Å². The van der Waals surface area contributed by atoms with Crippen LogP contribution in [0, 0.1) is 5.95 Å². The number of imidazole rings is 1. The number of H-pyrrole nitrogens is 1. The number of nitrogens with one attached hydrogen (secondary N) is 1. The van der Waals surface area contributed by atoms with Gasteiger partial charge in [0.15, 0.2) is 5.69 Å². The molecule has 0 aliphatic rings. The number of fused-ring (bicyclic) bond motifs is 1. The van der Waals surface area contributed by atoms with E-state index < -0.39 is 17.8 Å². The summed E-state index contributed by atoms with van der Waals surface area (Å²) in [6, 6.07) is 4.57. The molecule has 22 heavy (non-hydrogen) atoms. The highest BCUT2D eigenvalue weighted by molar-refractivity contribution is 5.80. The van der Waals surface area contributed by atoms with Crippen LogP contribution in [0.3, 0.4) is 0 Å². The van der Waals surface area contributed by atoms with Crippen LogP contribution >= 0.6 is 0 Å². The monoisotopic (exact) mass is 312 g/mol. The summed E-state index contributed by atoms with van der Waals surface area (Å²) in [5.41, 5.74) is -0.160. The molecule has 0 unspecified atom stereocenters. The van der Waals surface area contributed by atoms with Gasteiger partial charge in [0.25, 0.3) is 0 Å². The summed E-state index contributed by atoms with van der Waals surface area (Å²) in [6.07, 6.45) is -3.60. The smallest absolute Gasteiger partial charge is 0.303 e. The Morgan fingerprint density at radius 3 is 2.59 bits per heavy atom. The normalized spacial score (nSPS) is 12.5. The molecule has 0 radical (unpaired) electrons. The van der Waals surface area contributed by atoms with Crippen molar-refractivity contribution in [3.8, 4) is 5.69 Å². The molecule has 0 atom stereocenters. The van der Waals surface area contributed by atoms with Gasteiger partial charge in [-0.25, -0.2) is 4.98 Å². The lowest BCUT2D eigenvalue weighted by molar-refractivity contribution is -0.141. The van der Waals surface area contributed by atoms with E-state index in [4.69, 9.17) is 0 Å². The van der Waals surface area contributed by atoms with Crippen molar-refractivity contribution in [2.24, 2.45) is 0 Å². The van der Waals surface area contributed by atoms with Crippen LogP contribution in [-0.4, -0.2) is 19.7 Å². The number of aromatic amines is 1. The molecule has 0 fully saturated rings. The van der Waals surface area contributed by atoms with Crippen LogP contribution in [0.4, 0.5) is 17.6 Å². The lowest BCUT2D eigenvalue weighted by Gasteiger charge is -2.10. The molecule has 116 valence electrons. The minimum Gasteiger partial charge on any atom is -0.303 e. The average Bonchev–Trinajstić information content (AvgIpc) is 3.02. The van der Waals surface area contributed by atoms with Crippen LogP contribution in [-0.2, 0) is 6.18 Å². The van der Waals surface area contributed by atoms with Gasteiger partial charge in [-0.1, -0.05) is 13.8 Å². The van der Waals surface area contributed by atoms with E-state index in [1.54, 1.807) is 26.0 Å². The van der Waals surface area contributed by atoms with Gasteiger partial charge in [0.1, 0.15) is 5.82 Å². The Hall–Kier alpha value is -2.38.